The van der Waals surface area contributed by atoms with Gasteiger partial charge in [0.25, 0.3) is 0 Å². The van der Waals surface area contributed by atoms with Crippen LogP contribution in [0.15, 0.2) is 0 Å². The highest BCUT2D eigenvalue weighted by atomic mass is 32.1. The molecule has 0 radical (unpaired) electrons. The number of thiol groups is 1. The standard InChI is InChI=1S/C14H25NOS/c1-2-3-12-4-8-15(9-5-12)13(16)10-14(11-17)6-7-14/h12,17H,2-11H2,1H3. The van der Waals surface area contributed by atoms with Gasteiger partial charge in [-0.05, 0) is 42.8 Å². The molecule has 1 saturated heterocycles. The second-order valence-electron chi connectivity index (χ2n) is 5.95. The van der Waals surface area contributed by atoms with Crippen molar-refractivity contribution in [3.8, 4) is 0 Å². The third-order valence-corrected chi connectivity index (χ3v) is 5.15. The molecule has 0 aromatic carbocycles. The van der Waals surface area contributed by atoms with Crippen LogP contribution in [-0.4, -0.2) is 29.6 Å². The Hall–Kier alpha value is -0.180. The number of rotatable bonds is 5. The van der Waals surface area contributed by atoms with Gasteiger partial charge >= 0.3 is 0 Å². The Morgan fingerprint density at radius 2 is 2.00 bits per heavy atom. The summed E-state index contributed by atoms with van der Waals surface area (Å²) in [4.78, 5) is 14.3. The van der Waals surface area contributed by atoms with Gasteiger partial charge in [-0.3, -0.25) is 4.79 Å². The third-order valence-electron chi connectivity index (χ3n) is 4.48. The minimum absolute atomic E-state index is 0.278. The van der Waals surface area contributed by atoms with Crippen LogP contribution in [0.25, 0.3) is 0 Å². The second-order valence-corrected chi connectivity index (χ2v) is 6.26. The predicted octanol–water partition coefficient (Wildman–Crippen LogP) is 3.13. The molecule has 0 unspecified atom stereocenters. The van der Waals surface area contributed by atoms with Crippen LogP contribution in [0.1, 0.15) is 51.9 Å². The quantitative estimate of drug-likeness (QED) is 0.748. The minimum atomic E-state index is 0.278. The van der Waals surface area contributed by atoms with Gasteiger partial charge in [0.05, 0.1) is 0 Å². The van der Waals surface area contributed by atoms with Crippen LogP contribution in [0, 0.1) is 11.3 Å². The summed E-state index contributed by atoms with van der Waals surface area (Å²) in [5.41, 5.74) is 0.278. The van der Waals surface area contributed by atoms with Gasteiger partial charge in [0, 0.05) is 19.5 Å². The van der Waals surface area contributed by atoms with Gasteiger partial charge in [-0.2, -0.15) is 12.6 Å². The van der Waals surface area contributed by atoms with Crippen molar-refractivity contribution in [2.24, 2.45) is 11.3 Å². The summed E-state index contributed by atoms with van der Waals surface area (Å²) in [5.74, 6) is 2.13. The molecule has 2 nitrogen and oxygen atoms in total. The second kappa shape index (κ2) is 5.64. The van der Waals surface area contributed by atoms with Crippen LogP contribution in [0.5, 0.6) is 0 Å². The number of carbonyl (C=O) groups excluding carboxylic acids is 1. The Balaban J connectivity index is 1.74. The van der Waals surface area contributed by atoms with E-state index in [-0.39, 0.29) is 5.41 Å². The van der Waals surface area contributed by atoms with Crippen molar-refractivity contribution in [1.29, 1.82) is 0 Å². The average molecular weight is 255 g/mol. The highest BCUT2D eigenvalue weighted by Gasteiger charge is 2.43. The molecule has 2 rings (SSSR count). The first kappa shape index (κ1) is 13.3. The highest BCUT2D eigenvalue weighted by molar-refractivity contribution is 7.80. The van der Waals surface area contributed by atoms with Crippen molar-refractivity contribution >= 4 is 18.5 Å². The van der Waals surface area contributed by atoms with E-state index in [1.807, 2.05) is 0 Å². The van der Waals surface area contributed by atoms with Crippen molar-refractivity contribution in [1.82, 2.24) is 4.90 Å². The van der Waals surface area contributed by atoms with Crippen molar-refractivity contribution in [3.63, 3.8) is 0 Å². The van der Waals surface area contributed by atoms with E-state index in [2.05, 4.69) is 24.5 Å². The van der Waals surface area contributed by atoms with E-state index in [9.17, 15) is 4.79 Å². The smallest absolute Gasteiger partial charge is 0.223 e. The molecule has 1 heterocycles. The van der Waals surface area contributed by atoms with Crippen LogP contribution in [0.3, 0.4) is 0 Å². The summed E-state index contributed by atoms with van der Waals surface area (Å²) < 4.78 is 0. The first-order valence-electron chi connectivity index (χ1n) is 7.08. The molecular formula is C14H25NOS. The van der Waals surface area contributed by atoms with Gasteiger partial charge in [-0.25, -0.2) is 0 Å². The van der Waals surface area contributed by atoms with E-state index in [1.54, 1.807) is 0 Å². The lowest BCUT2D eigenvalue weighted by Gasteiger charge is -2.32. The lowest BCUT2D eigenvalue weighted by Crippen LogP contribution is -2.39. The van der Waals surface area contributed by atoms with Crippen LogP contribution in [0.4, 0.5) is 0 Å². The normalized spacial score (nSPS) is 23.8. The van der Waals surface area contributed by atoms with Crippen molar-refractivity contribution in [2.45, 2.75) is 51.9 Å². The molecule has 0 aromatic heterocycles. The molecular weight excluding hydrogens is 230 g/mol. The Morgan fingerprint density at radius 1 is 1.35 bits per heavy atom. The zero-order valence-electron chi connectivity index (χ0n) is 11.0. The fourth-order valence-corrected chi connectivity index (χ4v) is 3.31. The zero-order valence-corrected chi connectivity index (χ0v) is 11.8. The maximum absolute atomic E-state index is 12.2. The topological polar surface area (TPSA) is 20.3 Å². The number of likely N-dealkylation sites (tertiary alicyclic amines) is 1. The number of hydrogen-bond donors (Lipinski definition) is 1. The maximum Gasteiger partial charge on any atom is 0.223 e. The average Bonchev–Trinajstić information content (AvgIpc) is 3.11. The molecule has 0 spiro atoms. The molecule has 1 aliphatic heterocycles. The summed E-state index contributed by atoms with van der Waals surface area (Å²) >= 11 is 4.37. The van der Waals surface area contributed by atoms with Gasteiger partial charge in [-0.15, -0.1) is 0 Å². The molecule has 0 atom stereocenters. The predicted molar refractivity (Wildman–Crippen MR) is 74.3 cm³/mol. The Morgan fingerprint density at radius 3 is 2.47 bits per heavy atom. The van der Waals surface area contributed by atoms with E-state index < -0.39 is 0 Å². The number of hydrogen-bond acceptors (Lipinski definition) is 2. The molecule has 0 aromatic rings. The SMILES string of the molecule is CCCC1CCN(C(=O)CC2(CS)CC2)CC1. The fraction of sp³-hybridized carbons (Fsp3) is 0.929. The fourth-order valence-electron chi connectivity index (χ4n) is 2.88. The Bertz CT molecular complexity index is 267. The lowest BCUT2D eigenvalue weighted by atomic mass is 9.92. The Kier molecular flexibility index (Phi) is 4.40. The molecule has 1 aliphatic carbocycles. The van der Waals surface area contributed by atoms with E-state index in [0.29, 0.717) is 5.91 Å². The van der Waals surface area contributed by atoms with Gasteiger partial charge in [0.1, 0.15) is 0 Å². The molecule has 2 fully saturated rings. The lowest BCUT2D eigenvalue weighted by molar-refractivity contribution is -0.133. The van der Waals surface area contributed by atoms with E-state index >= 15 is 0 Å². The molecule has 0 N–H and O–H groups in total. The summed E-state index contributed by atoms with van der Waals surface area (Å²) in [7, 11) is 0. The number of piperidine rings is 1. The number of nitrogens with zero attached hydrogens (tertiary/aromatic N) is 1. The zero-order chi connectivity index (χ0) is 12.3. The number of carbonyl (C=O) groups is 1. The summed E-state index contributed by atoms with van der Waals surface area (Å²) in [6, 6.07) is 0. The molecule has 1 amide bonds. The molecule has 3 heteroatoms. The molecule has 2 aliphatic rings. The van der Waals surface area contributed by atoms with Crippen molar-refractivity contribution in [3.05, 3.63) is 0 Å². The van der Waals surface area contributed by atoms with E-state index in [1.165, 1.54) is 38.5 Å². The van der Waals surface area contributed by atoms with Crippen molar-refractivity contribution in [2.75, 3.05) is 18.8 Å². The maximum atomic E-state index is 12.2. The van der Waals surface area contributed by atoms with Gasteiger partial charge < -0.3 is 4.90 Å². The molecule has 98 valence electrons. The largest absolute Gasteiger partial charge is 0.343 e. The number of amides is 1. The van der Waals surface area contributed by atoms with Crippen molar-refractivity contribution < 1.29 is 4.79 Å². The molecule has 0 bridgehead atoms. The van der Waals surface area contributed by atoms with Crippen LogP contribution >= 0.6 is 12.6 Å². The van der Waals surface area contributed by atoms with E-state index in [0.717, 1.165) is 31.2 Å². The first-order chi connectivity index (χ1) is 8.19. The highest BCUT2D eigenvalue weighted by Crippen LogP contribution is 2.49. The van der Waals surface area contributed by atoms with E-state index in [4.69, 9.17) is 0 Å². The van der Waals surface area contributed by atoms with Gasteiger partial charge in [0.15, 0.2) is 0 Å². The third kappa shape index (κ3) is 3.40. The summed E-state index contributed by atoms with van der Waals surface area (Å²) in [6.45, 7) is 4.24. The van der Waals surface area contributed by atoms with Crippen LogP contribution < -0.4 is 0 Å². The van der Waals surface area contributed by atoms with Crippen LogP contribution in [0.2, 0.25) is 0 Å². The minimum Gasteiger partial charge on any atom is -0.343 e. The van der Waals surface area contributed by atoms with Gasteiger partial charge in [-0.1, -0.05) is 19.8 Å². The van der Waals surface area contributed by atoms with Gasteiger partial charge in [0.2, 0.25) is 5.91 Å². The Labute approximate surface area is 111 Å². The van der Waals surface area contributed by atoms with Crippen LogP contribution in [-0.2, 0) is 4.79 Å². The monoisotopic (exact) mass is 255 g/mol. The summed E-state index contributed by atoms with van der Waals surface area (Å²) in [6.07, 6.45) is 8.20. The molecule has 1 saturated carbocycles. The molecule has 17 heavy (non-hydrogen) atoms. The summed E-state index contributed by atoms with van der Waals surface area (Å²) in [5, 5.41) is 0. The first-order valence-corrected chi connectivity index (χ1v) is 7.71.